The fourth-order valence-corrected chi connectivity index (χ4v) is 8.48. The number of fused-ring (bicyclic) bond motifs is 10. The van der Waals surface area contributed by atoms with Crippen LogP contribution >= 0.6 is 0 Å². The van der Waals surface area contributed by atoms with Gasteiger partial charge in [-0.15, -0.1) is 0 Å². The fraction of sp³-hybridized carbons (Fsp3) is 0. The summed E-state index contributed by atoms with van der Waals surface area (Å²) >= 11 is 0. The molecule has 56 heavy (non-hydrogen) atoms. The molecule has 0 bridgehead atoms. The van der Waals surface area contributed by atoms with Crippen molar-refractivity contribution in [2.75, 3.05) is 0 Å². The Balaban J connectivity index is 1.17. The topological polar surface area (TPSA) is 54.1 Å². The van der Waals surface area contributed by atoms with E-state index in [2.05, 4.69) is 149 Å². The molecule has 6 nitrogen and oxygen atoms in total. The highest BCUT2D eigenvalue weighted by atomic mass is 16.6. The molecule has 0 saturated carbocycles. The van der Waals surface area contributed by atoms with Crippen LogP contribution in [0.2, 0.25) is 0 Å². The van der Waals surface area contributed by atoms with Gasteiger partial charge in [-0.05, 0) is 59.7 Å². The van der Waals surface area contributed by atoms with E-state index in [1.165, 1.54) is 5.56 Å². The van der Waals surface area contributed by atoms with Gasteiger partial charge in [-0.2, -0.15) is 0 Å². The van der Waals surface area contributed by atoms with Crippen molar-refractivity contribution >= 4 is 54.5 Å². The smallest absolute Gasteiger partial charge is 0.235 e. The van der Waals surface area contributed by atoms with Gasteiger partial charge in [-0.3, -0.25) is 4.57 Å². The van der Waals surface area contributed by atoms with Gasteiger partial charge in [-0.25, -0.2) is 9.97 Å². The minimum Gasteiger partial charge on any atom is -0.449 e. The van der Waals surface area contributed by atoms with Crippen LogP contribution in [0.15, 0.2) is 182 Å². The van der Waals surface area contributed by atoms with E-state index in [0.29, 0.717) is 28.9 Å². The third-order valence-corrected chi connectivity index (χ3v) is 11.0. The SMILES string of the molecule is c1ccc(-c2ccc(-c3nc(-n4c5ccccc5c5ccc6c(c7cc8c(cc7n6-c6ccccc6)Oc6ccccc6O8)c54)nc4ccccc34)cc2)cc1. The van der Waals surface area contributed by atoms with Gasteiger partial charge in [0.05, 0.1) is 33.3 Å². The molecule has 8 aromatic carbocycles. The predicted molar refractivity (Wildman–Crippen MR) is 226 cm³/mol. The third-order valence-electron chi connectivity index (χ3n) is 11.0. The van der Waals surface area contributed by atoms with Crippen LogP contribution in [0.1, 0.15) is 0 Å². The molecule has 0 saturated heterocycles. The Bertz CT molecular complexity index is 3350. The van der Waals surface area contributed by atoms with Crippen molar-refractivity contribution < 1.29 is 9.47 Å². The number of hydrogen-bond acceptors (Lipinski definition) is 4. The number of rotatable bonds is 4. The third kappa shape index (κ3) is 4.56. The summed E-state index contributed by atoms with van der Waals surface area (Å²) in [6.07, 6.45) is 0. The lowest BCUT2D eigenvalue weighted by Gasteiger charge is -2.20. The summed E-state index contributed by atoms with van der Waals surface area (Å²) in [7, 11) is 0. The Morgan fingerprint density at radius 1 is 0.375 bits per heavy atom. The highest BCUT2D eigenvalue weighted by Gasteiger charge is 2.26. The van der Waals surface area contributed by atoms with Crippen LogP contribution in [0.4, 0.5) is 0 Å². The average molecular weight is 719 g/mol. The van der Waals surface area contributed by atoms with Crippen LogP contribution in [-0.2, 0) is 0 Å². The standard InChI is InChI=1S/C50H30N4O2/c1-3-13-31(14-4-1)32-23-25-33(26-24-32)48-37-18-7-9-19-39(37)51-50(52-48)54-40-20-10-8-17-35(40)36-27-28-41-47(49(36)54)38-29-45-46(56-44-22-12-11-21-43(44)55-45)30-42(38)53(41)34-15-5-2-6-16-34/h1-30H. The molecule has 6 heteroatoms. The van der Waals surface area contributed by atoms with E-state index in [9.17, 15) is 0 Å². The predicted octanol–water partition coefficient (Wildman–Crippen LogP) is 13.1. The molecule has 0 fully saturated rings. The van der Waals surface area contributed by atoms with Crippen LogP contribution < -0.4 is 9.47 Å². The summed E-state index contributed by atoms with van der Waals surface area (Å²) in [4.78, 5) is 10.8. The van der Waals surface area contributed by atoms with Crippen molar-refractivity contribution in [2.45, 2.75) is 0 Å². The van der Waals surface area contributed by atoms with E-state index in [1.54, 1.807) is 0 Å². The Morgan fingerprint density at radius 2 is 1.00 bits per heavy atom. The van der Waals surface area contributed by atoms with Gasteiger partial charge >= 0.3 is 0 Å². The summed E-state index contributed by atoms with van der Waals surface area (Å²) in [6, 6.07) is 63.0. The number of benzene rings is 8. The normalized spacial score (nSPS) is 12.2. The van der Waals surface area contributed by atoms with Crippen molar-refractivity contribution in [3.63, 3.8) is 0 Å². The molecule has 0 aliphatic carbocycles. The molecule has 262 valence electrons. The second-order valence-electron chi connectivity index (χ2n) is 14.2. The summed E-state index contributed by atoms with van der Waals surface area (Å²) in [5.41, 5.74) is 10.3. The van der Waals surface area contributed by atoms with Crippen molar-refractivity contribution in [3.05, 3.63) is 182 Å². The number of para-hydroxylation sites is 5. The second kappa shape index (κ2) is 11.9. The molecule has 3 aromatic heterocycles. The first-order valence-electron chi connectivity index (χ1n) is 18.7. The van der Waals surface area contributed by atoms with E-state index >= 15 is 0 Å². The van der Waals surface area contributed by atoms with Crippen molar-refractivity contribution in [1.82, 2.24) is 19.1 Å². The quantitative estimate of drug-likeness (QED) is 0.182. The lowest BCUT2D eigenvalue weighted by Crippen LogP contribution is -2.03. The number of aromatic nitrogens is 4. The van der Waals surface area contributed by atoms with Crippen LogP contribution in [0, 0.1) is 0 Å². The van der Waals surface area contributed by atoms with Crippen molar-refractivity contribution in [2.24, 2.45) is 0 Å². The van der Waals surface area contributed by atoms with E-state index < -0.39 is 0 Å². The lowest BCUT2D eigenvalue weighted by atomic mass is 10.0. The molecule has 1 aliphatic heterocycles. The zero-order valence-electron chi connectivity index (χ0n) is 29.9. The first-order valence-corrected chi connectivity index (χ1v) is 18.7. The van der Waals surface area contributed by atoms with E-state index in [0.717, 1.165) is 77.0 Å². The molecule has 0 atom stereocenters. The summed E-state index contributed by atoms with van der Waals surface area (Å²) < 4.78 is 17.6. The molecule has 12 rings (SSSR count). The minimum atomic E-state index is 0.608. The minimum absolute atomic E-state index is 0.608. The first kappa shape index (κ1) is 30.7. The highest BCUT2D eigenvalue weighted by Crippen LogP contribution is 2.50. The second-order valence-corrected chi connectivity index (χ2v) is 14.2. The first-order chi connectivity index (χ1) is 27.8. The Hall–Kier alpha value is -7.70. The molecule has 0 radical (unpaired) electrons. The molecule has 11 aromatic rings. The zero-order valence-corrected chi connectivity index (χ0v) is 29.9. The monoisotopic (exact) mass is 718 g/mol. The van der Waals surface area contributed by atoms with E-state index in [1.807, 2.05) is 42.5 Å². The number of ether oxygens (including phenoxy) is 2. The molecule has 0 amide bonds. The largest absolute Gasteiger partial charge is 0.449 e. The van der Waals surface area contributed by atoms with Gasteiger partial charge in [-0.1, -0.05) is 127 Å². The van der Waals surface area contributed by atoms with E-state index in [-0.39, 0.29) is 0 Å². The van der Waals surface area contributed by atoms with Gasteiger partial charge in [0, 0.05) is 44.2 Å². The average Bonchev–Trinajstić information content (AvgIpc) is 3.77. The Morgan fingerprint density at radius 3 is 1.79 bits per heavy atom. The summed E-state index contributed by atoms with van der Waals surface area (Å²) in [5, 5.41) is 5.36. The number of nitrogens with zero attached hydrogens (tertiary/aromatic N) is 4. The van der Waals surface area contributed by atoms with Gasteiger partial charge < -0.3 is 14.0 Å². The summed E-state index contributed by atoms with van der Waals surface area (Å²) in [6.45, 7) is 0. The van der Waals surface area contributed by atoms with Gasteiger partial charge in [0.25, 0.3) is 0 Å². The highest BCUT2D eigenvalue weighted by molar-refractivity contribution is 6.26. The van der Waals surface area contributed by atoms with Crippen LogP contribution in [0.5, 0.6) is 23.0 Å². The Kier molecular flexibility index (Phi) is 6.53. The fourth-order valence-electron chi connectivity index (χ4n) is 8.48. The molecule has 4 heterocycles. The van der Waals surface area contributed by atoms with E-state index in [4.69, 9.17) is 19.4 Å². The van der Waals surface area contributed by atoms with Crippen molar-refractivity contribution in [1.29, 1.82) is 0 Å². The maximum atomic E-state index is 6.52. The Labute approximate surface area is 321 Å². The maximum Gasteiger partial charge on any atom is 0.235 e. The summed E-state index contributed by atoms with van der Waals surface area (Å²) in [5.74, 6) is 3.35. The lowest BCUT2D eigenvalue weighted by molar-refractivity contribution is 0.360. The van der Waals surface area contributed by atoms with Crippen LogP contribution in [0.3, 0.4) is 0 Å². The zero-order chi connectivity index (χ0) is 36.7. The maximum absolute atomic E-state index is 6.52. The molecule has 1 aliphatic rings. The molecular formula is C50H30N4O2. The van der Waals surface area contributed by atoms with Gasteiger partial charge in [0.1, 0.15) is 0 Å². The van der Waals surface area contributed by atoms with Crippen molar-refractivity contribution in [3.8, 4) is 57.0 Å². The molecule has 0 N–H and O–H groups in total. The van der Waals surface area contributed by atoms with Gasteiger partial charge in [0.15, 0.2) is 23.0 Å². The van der Waals surface area contributed by atoms with Crippen LogP contribution in [0.25, 0.3) is 88.5 Å². The van der Waals surface area contributed by atoms with Gasteiger partial charge in [0.2, 0.25) is 5.95 Å². The molecule has 0 spiro atoms. The molecule has 0 unspecified atom stereocenters. The number of hydrogen-bond donors (Lipinski definition) is 0. The van der Waals surface area contributed by atoms with Crippen LogP contribution in [-0.4, -0.2) is 19.1 Å². The molecular weight excluding hydrogens is 689 g/mol.